The maximum Gasteiger partial charge on any atom is 0.0897 e. The molecule has 1 aliphatic rings. The Morgan fingerprint density at radius 1 is 1.37 bits per heavy atom. The van der Waals surface area contributed by atoms with Crippen LogP contribution in [-0.2, 0) is 11.3 Å². The second-order valence-electron chi connectivity index (χ2n) is 5.45. The number of ether oxygens (including phenoxy) is 1. The van der Waals surface area contributed by atoms with E-state index in [1.165, 1.54) is 19.3 Å². The van der Waals surface area contributed by atoms with Gasteiger partial charge in [-0.3, -0.25) is 0 Å². The predicted molar refractivity (Wildman–Crippen MR) is 76.9 cm³/mol. The van der Waals surface area contributed by atoms with E-state index < -0.39 is 6.10 Å². The molecule has 0 heterocycles. The molecule has 0 amide bonds. The Bertz CT molecular complexity index is 355. The number of hydrogen-bond donors (Lipinski definition) is 2. The van der Waals surface area contributed by atoms with Crippen molar-refractivity contribution in [1.29, 1.82) is 0 Å². The minimum Gasteiger partial charge on any atom is -0.389 e. The summed E-state index contributed by atoms with van der Waals surface area (Å²) < 4.78 is 5.52. The molecule has 3 nitrogen and oxygen atoms in total. The van der Waals surface area contributed by atoms with Crippen molar-refractivity contribution in [3.05, 3.63) is 35.9 Å². The average Bonchev–Trinajstić information content (AvgIpc) is 3.17. The Morgan fingerprint density at radius 2 is 2.16 bits per heavy atom. The summed E-state index contributed by atoms with van der Waals surface area (Å²) in [4.78, 5) is 0. The highest BCUT2D eigenvalue weighted by Gasteiger charge is 2.35. The van der Waals surface area contributed by atoms with Crippen LogP contribution in [0, 0.1) is 5.92 Å². The number of aliphatic hydroxyl groups is 1. The van der Waals surface area contributed by atoms with E-state index in [2.05, 4.69) is 12.2 Å². The van der Waals surface area contributed by atoms with Crippen LogP contribution in [0.15, 0.2) is 30.3 Å². The summed E-state index contributed by atoms with van der Waals surface area (Å²) in [6.45, 7) is 3.83. The van der Waals surface area contributed by atoms with E-state index in [1.807, 2.05) is 30.3 Å². The maximum atomic E-state index is 9.83. The van der Waals surface area contributed by atoms with Crippen LogP contribution in [0.25, 0.3) is 0 Å². The van der Waals surface area contributed by atoms with Crippen molar-refractivity contribution < 1.29 is 9.84 Å². The first-order chi connectivity index (χ1) is 9.29. The summed E-state index contributed by atoms with van der Waals surface area (Å²) in [5, 5.41) is 13.2. The van der Waals surface area contributed by atoms with Gasteiger partial charge in [-0.05, 0) is 24.3 Å². The van der Waals surface area contributed by atoms with Crippen LogP contribution in [-0.4, -0.2) is 30.4 Å². The van der Waals surface area contributed by atoms with Gasteiger partial charge in [0.05, 0.1) is 19.3 Å². The summed E-state index contributed by atoms with van der Waals surface area (Å²) in [6, 6.07) is 10.7. The first kappa shape index (κ1) is 14.5. The van der Waals surface area contributed by atoms with Gasteiger partial charge in [0, 0.05) is 12.6 Å². The van der Waals surface area contributed by atoms with Gasteiger partial charge in [0.15, 0.2) is 0 Å². The fraction of sp³-hybridized carbons (Fsp3) is 0.625. The number of nitrogens with one attached hydrogen (secondary N) is 1. The second kappa shape index (κ2) is 7.63. The molecule has 0 saturated heterocycles. The molecule has 19 heavy (non-hydrogen) atoms. The zero-order valence-corrected chi connectivity index (χ0v) is 11.7. The van der Waals surface area contributed by atoms with Crippen LogP contribution in [0.3, 0.4) is 0 Å². The molecule has 2 rings (SSSR count). The fourth-order valence-electron chi connectivity index (χ4n) is 2.42. The van der Waals surface area contributed by atoms with Gasteiger partial charge in [0.2, 0.25) is 0 Å². The molecule has 3 heteroatoms. The number of aliphatic hydroxyl groups excluding tert-OH is 1. The molecule has 2 N–H and O–H groups in total. The van der Waals surface area contributed by atoms with Crippen molar-refractivity contribution >= 4 is 0 Å². The van der Waals surface area contributed by atoms with Crippen LogP contribution in [0.2, 0.25) is 0 Å². The Kier molecular flexibility index (Phi) is 5.83. The topological polar surface area (TPSA) is 41.5 Å². The van der Waals surface area contributed by atoms with E-state index in [0.29, 0.717) is 25.8 Å². The predicted octanol–water partition coefficient (Wildman–Crippen LogP) is 2.34. The highest BCUT2D eigenvalue weighted by molar-refractivity contribution is 5.13. The van der Waals surface area contributed by atoms with Gasteiger partial charge >= 0.3 is 0 Å². The van der Waals surface area contributed by atoms with E-state index in [1.54, 1.807) is 0 Å². The van der Waals surface area contributed by atoms with Gasteiger partial charge in [-0.2, -0.15) is 0 Å². The third kappa shape index (κ3) is 5.31. The molecule has 0 aliphatic heterocycles. The summed E-state index contributed by atoms with van der Waals surface area (Å²) >= 11 is 0. The minimum atomic E-state index is -0.411. The van der Waals surface area contributed by atoms with E-state index in [9.17, 15) is 5.11 Å². The summed E-state index contributed by atoms with van der Waals surface area (Å²) in [7, 11) is 0. The standard InChI is InChI=1S/C16H25NO2/c1-2-6-14-9-16(14)17-10-15(18)12-19-11-13-7-4-3-5-8-13/h3-5,7-8,14-18H,2,6,9-12H2,1H3. The van der Waals surface area contributed by atoms with E-state index >= 15 is 0 Å². The summed E-state index contributed by atoms with van der Waals surface area (Å²) in [6.07, 6.45) is 3.42. The van der Waals surface area contributed by atoms with Gasteiger partial charge in [0.1, 0.15) is 0 Å². The average molecular weight is 263 g/mol. The van der Waals surface area contributed by atoms with Crippen molar-refractivity contribution in [2.45, 2.75) is 44.9 Å². The van der Waals surface area contributed by atoms with Crippen molar-refractivity contribution in [3.63, 3.8) is 0 Å². The smallest absolute Gasteiger partial charge is 0.0897 e. The molecule has 0 spiro atoms. The molecule has 1 aliphatic carbocycles. The lowest BCUT2D eigenvalue weighted by Gasteiger charge is -2.12. The Labute approximate surface area is 116 Å². The molecule has 0 bridgehead atoms. The SMILES string of the molecule is CCCC1CC1NCC(O)COCc1ccccc1. The summed E-state index contributed by atoms with van der Waals surface area (Å²) in [5.74, 6) is 0.836. The van der Waals surface area contributed by atoms with Gasteiger partial charge < -0.3 is 15.2 Å². The lowest BCUT2D eigenvalue weighted by molar-refractivity contribution is 0.0285. The quantitative estimate of drug-likeness (QED) is 0.718. The monoisotopic (exact) mass is 263 g/mol. The Hall–Kier alpha value is -0.900. The molecule has 3 atom stereocenters. The van der Waals surface area contributed by atoms with E-state index in [-0.39, 0.29) is 0 Å². The van der Waals surface area contributed by atoms with Gasteiger partial charge in [0.25, 0.3) is 0 Å². The molecule has 0 radical (unpaired) electrons. The number of rotatable bonds is 9. The van der Waals surface area contributed by atoms with Crippen molar-refractivity contribution in [1.82, 2.24) is 5.32 Å². The zero-order chi connectivity index (χ0) is 13.5. The highest BCUT2D eigenvalue weighted by Crippen LogP contribution is 2.34. The van der Waals surface area contributed by atoms with Crippen molar-refractivity contribution in [3.8, 4) is 0 Å². The lowest BCUT2D eigenvalue weighted by atomic mass is 10.2. The molecule has 1 aromatic carbocycles. The van der Waals surface area contributed by atoms with Crippen LogP contribution in [0.1, 0.15) is 31.7 Å². The Morgan fingerprint density at radius 3 is 2.89 bits per heavy atom. The molecular formula is C16H25NO2. The molecule has 1 fully saturated rings. The molecule has 106 valence electrons. The first-order valence-corrected chi connectivity index (χ1v) is 7.32. The maximum absolute atomic E-state index is 9.83. The highest BCUT2D eigenvalue weighted by atomic mass is 16.5. The number of hydrogen-bond acceptors (Lipinski definition) is 3. The first-order valence-electron chi connectivity index (χ1n) is 7.32. The molecule has 3 unspecified atom stereocenters. The molecule has 0 aromatic heterocycles. The third-order valence-corrected chi connectivity index (χ3v) is 3.62. The van der Waals surface area contributed by atoms with E-state index in [0.717, 1.165) is 11.5 Å². The van der Waals surface area contributed by atoms with Crippen LogP contribution >= 0.6 is 0 Å². The van der Waals surface area contributed by atoms with E-state index in [4.69, 9.17) is 4.74 Å². The van der Waals surface area contributed by atoms with Crippen LogP contribution in [0.5, 0.6) is 0 Å². The van der Waals surface area contributed by atoms with Gasteiger partial charge in [-0.25, -0.2) is 0 Å². The second-order valence-corrected chi connectivity index (χ2v) is 5.45. The molecular weight excluding hydrogens is 238 g/mol. The normalized spacial score (nSPS) is 23.3. The summed E-state index contributed by atoms with van der Waals surface area (Å²) in [5.41, 5.74) is 1.15. The fourth-order valence-corrected chi connectivity index (χ4v) is 2.42. The Balaban J connectivity index is 1.52. The third-order valence-electron chi connectivity index (χ3n) is 3.62. The zero-order valence-electron chi connectivity index (χ0n) is 11.7. The van der Waals surface area contributed by atoms with Crippen molar-refractivity contribution in [2.75, 3.05) is 13.2 Å². The van der Waals surface area contributed by atoms with Crippen molar-refractivity contribution in [2.24, 2.45) is 5.92 Å². The molecule has 1 saturated carbocycles. The minimum absolute atomic E-state index is 0.396. The largest absolute Gasteiger partial charge is 0.389 e. The van der Waals surface area contributed by atoms with Crippen LogP contribution in [0.4, 0.5) is 0 Å². The van der Waals surface area contributed by atoms with Gasteiger partial charge in [-0.15, -0.1) is 0 Å². The van der Waals surface area contributed by atoms with Gasteiger partial charge in [-0.1, -0.05) is 43.7 Å². The number of benzene rings is 1. The van der Waals surface area contributed by atoms with Crippen LogP contribution < -0.4 is 5.32 Å². The lowest BCUT2D eigenvalue weighted by Crippen LogP contribution is -2.32. The molecule has 1 aromatic rings.